The summed E-state index contributed by atoms with van der Waals surface area (Å²) in [6, 6.07) is 7.96. The SMILES string of the molecule is CCc1nc2sc([C@H](c3ccccc3Cl)[NH+]3CCCC3)c(O)n2n1. The molecule has 4 rings (SSSR count). The molecule has 1 atom stereocenters. The van der Waals surface area contributed by atoms with E-state index in [-0.39, 0.29) is 11.9 Å². The highest BCUT2D eigenvalue weighted by molar-refractivity contribution is 7.17. The molecular formula is C17H20ClN4OS+. The molecule has 1 fully saturated rings. The van der Waals surface area contributed by atoms with Crippen molar-refractivity contribution in [3.8, 4) is 5.88 Å². The molecule has 0 bridgehead atoms. The van der Waals surface area contributed by atoms with E-state index in [1.54, 1.807) is 4.52 Å². The maximum absolute atomic E-state index is 10.8. The van der Waals surface area contributed by atoms with Crippen LogP contribution in [0.2, 0.25) is 5.02 Å². The number of nitrogens with zero attached hydrogens (tertiary/aromatic N) is 3. The Morgan fingerprint density at radius 2 is 2.08 bits per heavy atom. The van der Waals surface area contributed by atoms with Gasteiger partial charge < -0.3 is 10.0 Å². The summed E-state index contributed by atoms with van der Waals surface area (Å²) in [4.78, 5) is 7.60. The van der Waals surface area contributed by atoms with Crippen LogP contribution < -0.4 is 4.90 Å². The van der Waals surface area contributed by atoms with E-state index in [1.807, 2.05) is 25.1 Å². The number of halogens is 1. The van der Waals surface area contributed by atoms with Crippen LogP contribution in [-0.4, -0.2) is 32.8 Å². The van der Waals surface area contributed by atoms with E-state index < -0.39 is 0 Å². The molecule has 126 valence electrons. The van der Waals surface area contributed by atoms with E-state index in [0.717, 1.165) is 45.8 Å². The van der Waals surface area contributed by atoms with Gasteiger partial charge in [-0.2, -0.15) is 4.52 Å². The Balaban J connectivity index is 1.85. The van der Waals surface area contributed by atoms with Crippen LogP contribution in [0.4, 0.5) is 0 Å². The summed E-state index contributed by atoms with van der Waals surface area (Å²) in [5.41, 5.74) is 1.06. The summed E-state index contributed by atoms with van der Waals surface area (Å²) in [6.07, 6.45) is 3.17. The quantitative estimate of drug-likeness (QED) is 0.748. The van der Waals surface area contributed by atoms with Crippen molar-refractivity contribution < 1.29 is 10.0 Å². The van der Waals surface area contributed by atoms with Gasteiger partial charge in [0, 0.05) is 24.8 Å². The molecule has 0 amide bonds. The van der Waals surface area contributed by atoms with Gasteiger partial charge in [-0.05, 0) is 6.07 Å². The van der Waals surface area contributed by atoms with E-state index in [9.17, 15) is 5.11 Å². The molecule has 0 saturated carbocycles. The Labute approximate surface area is 149 Å². The molecular weight excluding hydrogens is 344 g/mol. The number of aromatic nitrogens is 3. The van der Waals surface area contributed by atoms with Gasteiger partial charge in [0.1, 0.15) is 4.88 Å². The lowest BCUT2D eigenvalue weighted by atomic mass is 10.0. The summed E-state index contributed by atoms with van der Waals surface area (Å²) in [5.74, 6) is 0.956. The molecule has 2 aromatic heterocycles. The Bertz CT molecular complexity index is 869. The molecule has 7 heteroatoms. The second kappa shape index (κ2) is 6.35. The van der Waals surface area contributed by atoms with Crippen molar-refractivity contribution in [1.82, 2.24) is 14.6 Å². The fourth-order valence-corrected chi connectivity index (χ4v) is 4.90. The molecule has 1 saturated heterocycles. The number of hydrogen-bond acceptors (Lipinski definition) is 4. The highest BCUT2D eigenvalue weighted by Crippen LogP contribution is 2.37. The number of rotatable bonds is 4. The van der Waals surface area contributed by atoms with Gasteiger partial charge in [0.25, 0.3) is 0 Å². The van der Waals surface area contributed by atoms with Gasteiger partial charge in [0.15, 0.2) is 11.9 Å². The van der Waals surface area contributed by atoms with Crippen LogP contribution in [0.1, 0.15) is 42.1 Å². The third-order valence-electron chi connectivity index (χ3n) is 4.69. The zero-order valence-corrected chi connectivity index (χ0v) is 15.1. The molecule has 0 aliphatic carbocycles. The molecule has 2 N–H and O–H groups in total. The predicted octanol–water partition coefficient (Wildman–Crippen LogP) is 2.48. The molecule has 5 nitrogen and oxygen atoms in total. The number of nitrogens with one attached hydrogen (secondary N) is 1. The van der Waals surface area contributed by atoms with Gasteiger partial charge in [-0.1, -0.05) is 48.1 Å². The number of aryl methyl sites for hydroxylation is 1. The Hall–Kier alpha value is -1.63. The minimum Gasteiger partial charge on any atom is -0.492 e. The minimum atomic E-state index is 0.0276. The van der Waals surface area contributed by atoms with Crippen LogP contribution in [0.15, 0.2) is 24.3 Å². The summed E-state index contributed by atoms with van der Waals surface area (Å²) < 4.78 is 1.57. The number of quaternary nitrogens is 1. The lowest BCUT2D eigenvalue weighted by molar-refractivity contribution is -0.913. The first kappa shape index (κ1) is 15.9. The first-order chi connectivity index (χ1) is 11.7. The van der Waals surface area contributed by atoms with Crippen molar-refractivity contribution in [2.75, 3.05) is 13.1 Å². The standard InChI is InChI=1S/C17H19ClN4OS/c1-2-13-19-17-22(20-13)16(23)15(24-17)14(21-9-5-6-10-21)11-7-3-4-8-12(11)18/h3-4,7-8,14,23H,2,5-6,9-10H2,1H3/p+1/t14-/m0/s1. The molecule has 3 heterocycles. The minimum absolute atomic E-state index is 0.0276. The van der Waals surface area contributed by atoms with Crippen LogP contribution in [0.25, 0.3) is 4.96 Å². The zero-order chi connectivity index (χ0) is 16.7. The summed E-state index contributed by atoms with van der Waals surface area (Å²) in [6.45, 7) is 4.19. The van der Waals surface area contributed by atoms with Crippen molar-refractivity contribution in [2.45, 2.75) is 32.2 Å². The third-order valence-corrected chi connectivity index (χ3v) is 6.12. The van der Waals surface area contributed by atoms with Crippen molar-refractivity contribution in [1.29, 1.82) is 0 Å². The van der Waals surface area contributed by atoms with Gasteiger partial charge in [0.05, 0.1) is 18.1 Å². The Kier molecular flexibility index (Phi) is 4.20. The highest BCUT2D eigenvalue weighted by atomic mass is 35.5. The average Bonchev–Trinajstić information content (AvgIpc) is 3.29. The maximum atomic E-state index is 10.8. The molecule has 1 aromatic carbocycles. The number of hydrogen-bond donors (Lipinski definition) is 2. The van der Waals surface area contributed by atoms with Crippen LogP contribution in [0.3, 0.4) is 0 Å². The molecule has 0 spiro atoms. The first-order valence-electron chi connectivity index (χ1n) is 8.35. The molecule has 1 aliphatic heterocycles. The van der Waals surface area contributed by atoms with Crippen molar-refractivity contribution in [3.63, 3.8) is 0 Å². The normalized spacial score (nSPS) is 16.9. The summed E-state index contributed by atoms with van der Waals surface area (Å²) in [7, 11) is 0. The van der Waals surface area contributed by atoms with Crippen LogP contribution in [0, 0.1) is 0 Å². The number of fused-ring (bicyclic) bond motifs is 1. The first-order valence-corrected chi connectivity index (χ1v) is 9.54. The van der Waals surface area contributed by atoms with Gasteiger partial charge >= 0.3 is 0 Å². The number of benzene rings is 1. The molecule has 3 aromatic rings. The summed E-state index contributed by atoms with van der Waals surface area (Å²) >= 11 is 8.01. The molecule has 0 radical (unpaired) electrons. The molecule has 0 unspecified atom stereocenters. The smallest absolute Gasteiger partial charge is 0.235 e. The van der Waals surface area contributed by atoms with Gasteiger partial charge in [-0.15, -0.1) is 5.10 Å². The van der Waals surface area contributed by atoms with E-state index in [2.05, 4.69) is 16.1 Å². The second-order valence-corrected chi connectivity index (χ2v) is 7.60. The van der Waals surface area contributed by atoms with Crippen molar-refractivity contribution in [2.24, 2.45) is 0 Å². The van der Waals surface area contributed by atoms with Crippen molar-refractivity contribution >= 4 is 27.9 Å². The van der Waals surface area contributed by atoms with Crippen LogP contribution >= 0.6 is 22.9 Å². The average molecular weight is 364 g/mol. The fraction of sp³-hybridized carbons (Fsp3) is 0.412. The van der Waals surface area contributed by atoms with Crippen LogP contribution in [-0.2, 0) is 6.42 Å². The zero-order valence-electron chi connectivity index (χ0n) is 13.5. The van der Waals surface area contributed by atoms with E-state index >= 15 is 0 Å². The van der Waals surface area contributed by atoms with Gasteiger partial charge in [-0.3, -0.25) is 0 Å². The number of likely N-dealkylation sites (tertiary alicyclic amines) is 1. The van der Waals surface area contributed by atoms with E-state index in [0.29, 0.717) is 0 Å². The van der Waals surface area contributed by atoms with Gasteiger partial charge in [0.2, 0.25) is 10.8 Å². The maximum Gasteiger partial charge on any atom is 0.235 e. The van der Waals surface area contributed by atoms with Crippen molar-refractivity contribution in [3.05, 3.63) is 45.6 Å². The van der Waals surface area contributed by atoms with E-state index in [4.69, 9.17) is 11.6 Å². The van der Waals surface area contributed by atoms with E-state index in [1.165, 1.54) is 29.1 Å². The van der Waals surface area contributed by atoms with Crippen LogP contribution in [0.5, 0.6) is 5.88 Å². The number of thiazole rings is 1. The monoisotopic (exact) mass is 363 g/mol. The predicted molar refractivity (Wildman–Crippen MR) is 95.1 cm³/mol. The Morgan fingerprint density at radius 1 is 1.33 bits per heavy atom. The molecule has 24 heavy (non-hydrogen) atoms. The lowest BCUT2D eigenvalue weighted by Crippen LogP contribution is -3.10. The third kappa shape index (κ3) is 2.59. The molecule has 1 aliphatic rings. The Morgan fingerprint density at radius 3 is 2.75 bits per heavy atom. The lowest BCUT2D eigenvalue weighted by Gasteiger charge is -2.24. The second-order valence-electron chi connectivity index (χ2n) is 6.19. The topological polar surface area (TPSA) is 54.9 Å². The number of aromatic hydroxyl groups is 1. The fourth-order valence-electron chi connectivity index (χ4n) is 3.50. The van der Waals surface area contributed by atoms with Gasteiger partial charge in [-0.25, -0.2) is 4.98 Å². The summed E-state index contributed by atoms with van der Waals surface area (Å²) in [5, 5.41) is 15.9. The highest BCUT2D eigenvalue weighted by Gasteiger charge is 2.35. The largest absolute Gasteiger partial charge is 0.492 e.